The zero-order valence-electron chi connectivity index (χ0n) is 14.0. The molecule has 0 aliphatic carbocycles. The van der Waals surface area contributed by atoms with Gasteiger partial charge in [-0.15, -0.1) is 0 Å². The summed E-state index contributed by atoms with van der Waals surface area (Å²) in [5, 5.41) is 0. The largest absolute Gasteiger partial charge is 0.382 e. The van der Waals surface area contributed by atoms with Gasteiger partial charge in [0, 0.05) is 37.9 Å². The molecular weight excluding hydrogens is 314 g/mol. The molecule has 0 unspecified atom stereocenters. The summed E-state index contributed by atoms with van der Waals surface area (Å²) < 4.78 is 0. The van der Waals surface area contributed by atoms with Crippen LogP contribution in [0.25, 0.3) is 11.1 Å². The SMILES string of the molecule is CCN(Cc1cccc(-c2ccncc2)c1)C(=O)c1nccnc1N. The van der Waals surface area contributed by atoms with E-state index in [0.29, 0.717) is 13.1 Å². The quantitative estimate of drug-likeness (QED) is 0.776. The summed E-state index contributed by atoms with van der Waals surface area (Å²) in [6.45, 7) is 2.95. The average molecular weight is 333 g/mol. The highest BCUT2D eigenvalue weighted by Gasteiger charge is 2.19. The van der Waals surface area contributed by atoms with Gasteiger partial charge in [-0.25, -0.2) is 9.97 Å². The number of carbonyl (C=O) groups is 1. The van der Waals surface area contributed by atoms with Crippen molar-refractivity contribution in [1.29, 1.82) is 0 Å². The molecule has 6 heteroatoms. The minimum atomic E-state index is -0.220. The maximum absolute atomic E-state index is 12.7. The van der Waals surface area contributed by atoms with Crippen LogP contribution in [0.5, 0.6) is 0 Å². The first-order chi connectivity index (χ1) is 12.2. The van der Waals surface area contributed by atoms with Crippen molar-refractivity contribution in [2.75, 3.05) is 12.3 Å². The van der Waals surface area contributed by atoms with E-state index in [1.165, 1.54) is 12.4 Å². The van der Waals surface area contributed by atoms with Gasteiger partial charge in [-0.05, 0) is 41.8 Å². The van der Waals surface area contributed by atoms with Crippen LogP contribution in [0.15, 0.2) is 61.2 Å². The molecule has 0 fully saturated rings. The monoisotopic (exact) mass is 333 g/mol. The fourth-order valence-electron chi connectivity index (χ4n) is 2.60. The van der Waals surface area contributed by atoms with Crippen molar-refractivity contribution >= 4 is 11.7 Å². The van der Waals surface area contributed by atoms with Crippen LogP contribution >= 0.6 is 0 Å². The first kappa shape index (κ1) is 16.6. The maximum Gasteiger partial charge on any atom is 0.276 e. The second-order valence-corrected chi connectivity index (χ2v) is 5.55. The number of nitrogen functional groups attached to an aromatic ring is 1. The van der Waals surface area contributed by atoms with Gasteiger partial charge in [0.2, 0.25) is 0 Å². The van der Waals surface area contributed by atoms with Crippen LogP contribution in [0, 0.1) is 0 Å². The fourth-order valence-corrected chi connectivity index (χ4v) is 2.60. The first-order valence-corrected chi connectivity index (χ1v) is 8.04. The summed E-state index contributed by atoms with van der Waals surface area (Å²) in [7, 11) is 0. The van der Waals surface area contributed by atoms with Crippen LogP contribution < -0.4 is 5.73 Å². The molecule has 1 aromatic carbocycles. The molecule has 0 bridgehead atoms. The van der Waals surface area contributed by atoms with Crippen molar-refractivity contribution in [1.82, 2.24) is 19.9 Å². The molecule has 0 aliphatic rings. The van der Waals surface area contributed by atoms with E-state index in [4.69, 9.17) is 5.73 Å². The molecule has 1 amide bonds. The van der Waals surface area contributed by atoms with E-state index in [-0.39, 0.29) is 17.4 Å². The topological polar surface area (TPSA) is 85.0 Å². The summed E-state index contributed by atoms with van der Waals surface area (Å²) in [5.41, 5.74) is 9.18. The molecule has 2 heterocycles. The number of benzene rings is 1. The minimum Gasteiger partial charge on any atom is -0.382 e. The molecule has 3 aromatic rings. The molecule has 6 nitrogen and oxygen atoms in total. The maximum atomic E-state index is 12.7. The van der Waals surface area contributed by atoms with Crippen LogP contribution in [0.2, 0.25) is 0 Å². The number of nitrogens with zero attached hydrogens (tertiary/aromatic N) is 4. The van der Waals surface area contributed by atoms with Crippen molar-refractivity contribution in [2.45, 2.75) is 13.5 Å². The molecular formula is C19H19N5O. The second kappa shape index (κ2) is 7.53. The van der Waals surface area contributed by atoms with Crippen LogP contribution in [-0.4, -0.2) is 32.3 Å². The smallest absolute Gasteiger partial charge is 0.276 e. The Labute approximate surface area is 146 Å². The molecule has 0 aliphatic heterocycles. The molecule has 2 N–H and O–H groups in total. The van der Waals surface area contributed by atoms with Gasteiger partial charge < -0.3 is 10.6 Å². The lowest BCUT2D eigenvalue weighted by Gasteiger charge is -2.21. The number of hydrogen-bond acceptors (Lipinski definition) is 5. The van der Waals surface area contributed by atoms with Crippen molar-refractivity contribution < 1.29 is 4.79 Å². The summed E-state index contributed by atoms with van der Waals surface area (Å²) in [5.74, 6) is -0.0705. The van der Waals surface area contributed by atoms with Gasteiger partial charge in [-0.2, -0.15) is 0 Å². The molecule has 126 valence electrons. The lowest BCUT2D eigenvalue weighted by Crippen LogP contribution is -2.31. The Kier molecular flexibility index (Phi) is 4.99. The van der Waals surface area contributed by atoms with Crippen molar-refractivity contribution in [3.63, 3.8) is 0 Å². The number of hydrogen-bond donors (Lipinski definition) is 1. The average Bonchev–Trinajstić information content (AvgIpc) is 2.67. The number of carbonyl (C=O) groups excluding carboxylic acids is 1. The standard InChI is InChI=1S/C19H19N5O/c1-2-24(19(25)17-18(20)23-11-10-22-17)13-14-4-3-5-16(12-14)15-6-8-21-9-7-15/h3-12H,2,13H2,1H3,(H2,20,23). The molecule has 0 radical (unpaired) electrons. The number of aromatic nitrogens is 3. The summed E-state index contributed by atoms with van der Waals surface area (Å²) in [6, 6.07) is 12.0. The molecule has 2 aromatic heterocycles. The molecule has 0 saturated carbocycles. The Balaban J connectivity index is 1.83. The van der Waals surface area contributed by atoms with Gasteiger partial charge in [-0.3, -0.25) is 9.78 Å². The second-order valence-electron chi connectivity index (χ2n) is 5.55. The van der Waals surface area contributed by atoms with E-state index in [1.54, 1.807) is 17.3 Å². The van der Waals surface area contributed by atoms with Crippen molar-refractivity contribution in [3.05, 3.63) is 72.4 Å². The van der Waals surface area contributed by atoms with E-state index in [1.807, 2.05) is 37.3 Å². The van der Waals surface area contributed by atoms with Crippen LogP contribution in [0.3, 0.4) is 0 Å². The van der Waals surface area contributed by atoms with Gasteiger partial charge in [0.1, 0.15) is 0 Å². The van der Waals surface area contributed by atoms with Crippen LogP contribution in [0.4, 0.5) is 5.82 Å². The van der Waals surface area contributed by atoms with Gasteiger partial charge in [0.15, 0.2) is 11.5 Å². The number of amides is 1. The third kappa shape index (κ3) is 3.80. The highest BCUT2D eigenvalue weighted by Crippen LogP contribution is 2.21. The third-order valence-corrected chi connectivity index (χ3v) is 3.91. The molecule has 0 saturated heterocycles. The molecule has 25 heavy (non-hydrogen) atoms. The summed E-state index contributed by atoms with van der Waals surface area (Å²) in [4.78, 5) is 26.4. The highest BCUT2D eigenvalue weighted by atomic mass is 16.2. The number of nitrogens with two attached hydrogens (primary N) is 1. The molecule has 0 spiro atoms. The number of anilines is 1. The predicted octanol–water partition coefficient (Wildman–Crippen LogP) is 2.78. The van der Waals surface area contributed by atoms with Crippen molar-refractivity contribution in [2.24, 2.45) is 0 Å². The Morgan fingerprint density at radius 1 is 1.04 bits per heavy atom. The number of pyridine rings is 1. The first-order valence-electron chi connectivity index (χ1n) is 8.04. The normalized spacial score (nSPS) is 10.4. The Bertz CT molecular complexity index is 866. The van der Waals surface area contributed by atoms with E-state index < -0.39 is 0 Å². The van der Waals surface area contributed by atoms with Gasteiger partial charge in [0.05, 0.1) is 0 Å². The Morgan fingerprint density at radius 2 is 1.80 bits per heavy atom. The highest BCUT2D eigenvalue weighted by molar-refractivity contribution is 5.96. The lowest BCUT2D eigenvalue weighted by atomic mass is 10.0. The van der Waals surface area contributed by atoms with E-state index in [9.17, 15) is 4.79 Å². The zero-order valence-corrected chi connectivity index (χ0v) is 14.0. The number of rotatable bonds is 5. The van der Waals surface area contributed by atoms with Gasteiger partial charge in [0.25, 0.3) is 5.91 Å². The van der Waals surface area contributed by atoms with E-state index >= 15 is 0 Å². The van der Waals surface area contributed by atoms with E-state index in [0.717, 1.165) is 16.7 Å². The summed E-state index contributed by atoms with van der Waals surface area (Å²) in [6.07, 6.45) is 6.48. The van der Waals surface area contributed by atoms with Gasteiger partial charge >= 0.3 is 0 Å². The Morgan fingerprint density at radius 3 is 2.52 bits per heavy atom. The van der Waals surface area contributed by atoms with Crippen LogP contribution in [-0.2, 0) is 6.54 Å². The third-order valence-electron chi connectivity index (χ3n) is 3.91. The van der Waals surface area contributed by atoms with Gasteiger partial charge in [-0.1, -0.05) is 18.2 Å². The fraction of sp³-hybridized carbons (Fsp3) is 0.158. The molecule has 3 rings (SSSR count). The van der Waals surface area contributed by atoms with E-state index in [2.05, 4.69) is 21.0 Å². The van der Waals surface area contributed by atoms with Crippen LogP contribution in [0.1, 0.15) is 23.0 Å². The predicted molar refractivity (Wildman–Crippen MR) is 96.5 cm³/mol. The summed E-state index contributed by atoms with van der Waals surface area (Å²) >= 11 is 0. The Hall–Kier alpha value is -3.28. The zero-order chi connectivity index (χ0) is 17.6. The molecule has 0 atom stereocenters. The minimum absolute atomic E-state index is 0.150. The lowest BCUT2D eigenvalue weighted by molar-refractivity contribution is 0.0747. The van der Waals surface area contributed by atoms with Crippen molar-refractivity contribution in [3.8, 4) is 11.1 Å².